The number of carboxylic acid groups (broad SMARTS) is 2. The first-order valence-corrected chi connectivity index (χ1v) is 7.17. The van der Waals surface area contributed by atoms with E-state index in [-0.39, 0.29) is 19.3 Å². The predicted molar refractivity (Wildman–Crippen MR) is 77.8 cm³/mol. The van der Waals surface area contributed by atoms with Gasteiger partial charge in [-0.05, 0) is 18.4 Å². The Hall–Kier alpha value is -1.96. The molecule has 1 aliphatic rings. The van der Waals surface area contributed by atoms with Gasteiger partial charge in [0, 0.05) is 6.54 Å². The molecule has 1 aromatic carbocycles. The third-order valence-corrected chi connectivity index (χ3v) is 3.45. The standard InChI is InChI=1S/C15H20N2O5/c18-14(19)9-16(10-15(20)21)17-8-4-7-13(17)22-11-12-5-2-1-3-6-12/h1-3,5-6,13H,4,7-11H2,(H,18,19)(H,20,21)/t13-/m0/s1. The molecule has 1 atom stereocenters. The molecule has 1 fully saturated rings. The molecule has 120 valence electrons. The van der Waals surface area contributed by atoms with Gasteiger partial charge in [0.25, 0.3) is 0 Å². The van der Waals surface area contributed by atoms with Crippen molar-refractivity contribution in [1.82, 2.24) is 10.0 Å². The number of nitrogens with zero attached hydrogens (tertiary/aromatic N) is 2. The minimum absolute atomic E-state index is 0.293. The first-order chi connectivity index (χ1) is 10.6. The topological polar surface area (TPSA) is 90.3 Å². The van der Waals surface area contributed by atoms with E-state index in [2.05, 4.69) is 0 Å². The number of hydrazine groups is 1. The Morgan fingerprint density at radius 1 is 1.18 bits per heavy atom. The van der Waals surface area contributed by atoms with E-state index in [1.54, 1.807) is 5.01 Å². The first kappa shape index (κ1) is 16.4. The van der Waals surface area contributed by atoms with Crippen molar-refractivity contribution < 1.29 is 24.5 Å². The molecule has 0 spiro atoms. The summed E-state index contributed by atoms with van der Waals surface area (Å²) in [6.45, 7) is 0.311. The molecular weight excluding hydrogens is 288 g/mol. The minimum atomic E-state index is -1.06. The molecular formula is C15H20N2O5. The SMILES string of the molecule is O=C(O)CN(CC(=O)O)N1CCC[C@@H]1OCc1ccccc1. The van der Waals surface area contributed by atoms with E-state index in [0.29, 0.717) is 13.2 Å². The average Bonchev–Trinajstić information content (AvgIpc) is 2.93. The van der Waals surface area contributed by atoms with E-state index < -0.39 is 11.9 Å². The minimum Gasteiger partial charge on any atom is -0.480 e. The highest BCUT2D eigenvalue weighted by Gasteiger charge is 2.32. The molecule has 0 amide bonds. The van der Waals surface area contributed by atoms with Crippen LogP contribution in [0.15, 0.2) is 30.3 Å². The third kappa shape index (κ3) is 4.80. The van der Waals surface area contributed by atoms with Crippen LogP contribution in [0.3, 0.4) is 0 Å². The van der Waals surface area contributed by atoms with Gasteiger partial charge in [-0.15, -0.1) is 0 Å². The van der Waals surface area contributed by atoms with Crippen LogP contribution in [0.2, 0.25) is 0 Å². The zero-order valence-electron chi connectivity index (χ0n) is 12.2. The van der Waals surface area contributed by atoms with E-state index in [9.17, 15) is 9.59 Å². The Morgan fingerprint density at radius 3 is 2.41 bits per heavy atom. The maximum Gasteiger partial charge on any atom is 0.319 e. The van der Waals surface area contributed by atoms with Gasteiger partial charge >= 0.3 is 11.9 Å². The van der Waals surface area contributed by atoms with Crippen molar-refractivity contribution in [1.29, 1.82) is 0 Å². The Kier molecular flexibility index (Phi) is 5.88. The van der Waals surface area contributed by atoms with Gasteiger partial charge in [0.1, 0.15) is 19.3 Å². The summed E-state index contributed by atoms with van der Waals surface area (Å²) in [7, 11) is 0. The number of ether oxygens (including phenoxy) is 1. The van der Waals surface area contributed by atoms with E-state index in [0.717, 1.165) is 18.4 Å². The van der Waals surface area contributed by atoms with Crippen molar-refractivity contribution in [2.75, 3.05) is 19.6 Å². The Labute approximate surface area is 128 Å². The molecule has 2 N–H and O–H groups in total. The summed E-state index contributed by atoms with van der Waals surface area (Å²) in [4.78, 5) is 21.9. The van der Waals surface area contributed by atoms with Crippen LogP contribution in [-0.2, 0) is 20.9 Å². The summed E-state index contributed by atoms with van der Waals surface area (Å²) in [5.41, 5.74) is 1.03. The molecule has 7 nitrogen and oxygen atoms in total. The van der Waals surface area contributed by atoms with Crippen LogP contribution in [0, 0.1) is 0 Å². The smallest absolute Gasteiger partial charge is 0.319 e. The van der Waals surface area contributed by atoms with Gasteiger partial charge in [0.05, 0.1) is 6.61 Å². The fourth-order valence-corrected chi connectivity index (χ4v) is 2.53. The fourth-order valence-electron chi connectivity index (χ4n) is 2.53. The van der Waals surface area contributed by atoms with E-state index in [1.165, 1.54) is 5.01 Å². The lowest BCUT2D eigenvalue weighted by Crippen LogP contribution is -2.50. The summed E-state index contributed by atoms with van der Waals surface area (Å²) in [6.07, 6.45) is 1.30. The summed E-state index contributed by atoms with van der Waals surface area (Å²) >= 11 is 0. The lowest BCUT2D eigenvalue weighted by molar-refractivity contribution is -0.172. The zero-order valence-corrected chi connectivity index (χ0v) is 12.2. The second-order valence-corrected chi connectivity index (χ2v) is 5.17. The second-order valence-electron chi connectivity index (χ2n) is 5.17. The maximum absolute atomic E-state index is 10.9. The molecule has 0 aliphatic carbocycles. The summed E-state index contributed by atoms with van der Waals surface area (Å²) in [6, 6.07) is 9.67. The normalized spacial score (nSPS) is 18.7. The van der Waals surface area contributed by atoms with Crippen LogP contribution < -0.4 is 0 Å². The maximum atomic E-state index is 10.9. The van der Waals surface area contributed by atoms with Crippen molar-refractivity contribution in [2.24, 2.45) is 0 Å². The van der Waals surface area contributed by atoms with Crippen molar-refractivity contribution in [3.8, 4) is 0 Å². The summed E-state index contributed by atoms with van der Waals surface area (Å²) in [5.74, 6) is -2.12. The molecule has 2 rings (SSSR count). The van der Waals surface area contributed by atoms with Gasteiger partial charge in [-0.2, -0.15) is 0 Å². The summed E-state index contributed by atoms with van der Waals surface area (Å²) < 4.78 is 5.84. The van der Waals surface area contributed by atoms with Gasteiger partial charge < -0.3 is 14.9 Å². The number of hydrogen-bond donors (Lipinski definition) is 2. The largest absolute Gasteiger partial charge is 0.480 e. The van der Waals surface area contributed by atoms with Crippen molar-refractivity contribution in [3.63, 3.8) is 0 Å². The number of hydrogen-bond acceptors (Lipinski definition) is 5. The first-order valence-electron chi connectivity index (χ1n) is 7.17. The molecule has 0 unspecified atom stereocenters. The quantitative estimate of drug-likeness (QED) is 0.740. The highest BCUT2D eigenvalue weighted by atomic mass is 16.5. The number of benzene rings is 1. The van der Waals surface area contributed by atoms with Crippen LogP contribution in [-0.4, -0.2) is 58.0 Å². The Balaban J connectivity index is 1.97. The molecule has 7 heteroatoms. The third-order valence-electron chi connectivity index (χ3n) is 3.45. The van der Waals surface area contributed by atoms with Crippen LogP contribution in [0.25, 0.3) is 0 Å². The number of carboxylic acids is 2. The molecule has 0 aromatic heterocycles. The highest BCUT2D eigenvalue weighted by Crippen LogP contribution is 2.21. The number of aliphatic carboxylic acids is 2. The molecule has 22 heavy (non-hydrogen) atoms. The number of carbonyl (C=O) groups is 2. The Morgan fingerprint density at radius 2 is 1.82 bits per heavy atom. The second kappa shape index (κ2) is 7.88. The van der Waals surface area contributed by atoms with Crippen LogP contribution in [0.4, 0.5) is 0 Å². The van der Waals surface area contributed by atoms with Crippen molar-refractivity contribution in [3.05, 3.63) is 35.9 Å². The van der Waals surface area contributed by atoms with Gasteiger partial charge in [-0.3, -0.25) is 9.59 Å². The van der Waals surface area contributed by atoms with Crippen molar-refractivity contribution in [2.45, 2.75) is 25.7 Å². The molecule has 0 bridgehead atoms. The van der Waals surface area contributed by atoms with E-state index in [1.807, 2.05) is 30.3 Å². The zero-order chi connectivity index (χ0) is 15.9. The summed E-state index contributed by atoms with van der Waals surface area (Å²) in [5, 5.41) is 20.9. The fraction of sp³-hybridized carbons (Fsp3) is 0.467. The molecule has 0 radical (unpaired) electrons. The Bertz CT molecular complexity index is 492. The number of rotatable bonds is 8. The average molecular weight is 308 g/mol. The highest BCUT2D eigenvalue weighted by molar-refractivity contribution is 5.72. The van der Waals surface area contributed by atoms with Gasteiger partial charge in [0.15, 0.2) is 0 Å². The molecule has 1 heterocycles. The molecule has 1 saturated heterocycles. The molecule has 1 aliphatic heterocycles. The monoisotopic (exact) mass is 308 g/mol. The van der Waals surface area contributed by atoms with Crippen LogP contribution in [0.1, 0.15) is 18.4 Å². The van der Waals surface area contributed by atoms with E-state index in [4.69, 9.17) is 14.9 Å². The lowest BCUT2D eigenvalue weighted by atomic mass is 10.2. The van der Waals surface area contributed by atoms with Gasteiger partial charge in [-0.1, -0.05) is 30.3 Å². The van der Waals surface area contributed by atoms with Crippen LogP contribution >= 0.6 is 0 Å². The van der Waals surface area contributed by atoms with E-state index >= 15 is 0 Å². The van der Waals surface area contributed by atoms with Gasteiger partial charge in [0.2, 0.25) is 0 Å². The molecule has 0 saturated carbocycles. The predicted octanol–water partition coefficient (Wildman–Crippen LogP) is 1.01. The lowest BCUT2D eigenvalue weighted by Gasteiger charge is -2.33. The van der Waals surface area contributed by atoms with Gasteiger partial charge in [-0.25, -0.2) is 10.0 Å². The van der Waals surface area contributed by atoms with Crippen molar-refractivity contribution >= 4 is 11.9 Å². The van der Waals surface area contributed by atoms with Crippen LogP contribution in [0.5, 0.6) is 0 Å². The molecule has 1 aromatic rings.